The number of nitrogens with zero attached hydrogens (tertiary/aromatic N) is 2. The van der Waals surface area contributed by atoms with Gasteiger partial charge in [-0.3, -0.25) is 14.7 Å². The van der Waals surface area contributed by atoms with Crippen LogP contribution in [0.1, 0.15) is 51.8 Å². The SMILES string of the molecule is CCc1ccc(CN2CCc3c(C(=O)NCC4CCCNC4)csc3C2)nc1.Cl.Cl. The summed E-state index contributed by atoms with van der Waals surface area (Å²) in [7, 11) is 0. The van der Waals surface area contributed by atoms with Crippen LogP contribution in [0, 0.1) is 5.92 Å². The van der Waals surface area contributed by atoms with Crippen LogP contribution in [-0.4, -0.2) is 42.0 Å². The highest BCUT2D eigenvalue weighted by Gasteiger charge is 2.24. The molecule has 0 aromatic carbocycles. The highest BCUT2D eigenvalue weighted by atomic mass is 35.5. The van der Waals surface area contributed by atoms with Crippen molar-refractivity contribution in [2.24, 2.45) is 5.92 Å². The largest absolute Gasteiger partial charge is 0.352 e. The van der Waals surface area contributed by atoms with Crippen molar-refractivity contribution in [3.63, 3.8) is 0 Å². The number of carbonyl (C=O) groups excluding carboxylic acids is 1. The van der Waals surface area contributed by atoms with Crippen molar-refractivity contribution >= 4 is 42.1 Å². The number of halogens is 2. The minimum absolute atomic E-state index is 0. The normalized spacial score (nSPS) is 18.6. The van der Waals surface area contributed by atoms with Crippen LogP contribution >= 0.6 is 36.2 Å². The minimum Gasteiger partial charge on any atom is -0.352 e. The van der Waals surface area contributed by atoms with Gasteiger partial charge < -0.3 is 10.6 Å². The first-order valence-electron chi connectivity index (χ1n) is 10.5. The summed E-state index contributed by atoms with van der Waals surface area (Å²) in [5, 5.41) is 8.64. The molecule has 1 fully saturated rings. The summed E-state index contributed by atoms with van der Waals surface area (Å²) in [6.45, 7) is 7.82. The Morgan fingerprint density at radius 3 is 2.93 bits per heavy atom. The molecule has 0 bridgehead atoms. The van der Waals surface area contributed by atoms with Crippen molar-refractivity contribution in [1.82, 2.24) is 20.5 Å². The number of pyridine rings is 1. The molecule has 4 heterocycles. The third kappa shape index (κ3) is 6.17. The number of thiophene rings is 1. The molecule has 166 valence electrons. The number of hydrogen-bond donors (Lipinski definition) is 2. The van der Waals surface area contributed by atoms with Crippen LogP contribution in [0.2, 0.25) is 0 Å². The lowest BCUT2D eigenvalue weighted by Crippen LogP contribution is -2.38. The van der Waals surface area contributed by atoms with Gasteiger partial charge in [-0.15, -0.1) is 36.2 Å². The number of carbonyl (C=O) groups is 1. The van der Waals surface area contributed by atoms with E-state index in [4.69, 9.17) is 0 Å². The Hall–Kier alpha value is -1.18. The van der Waals surface area contributed by atoms with Gasteiger partial charge in [-0.2, -0.15) is 0 Å². The Bertz CT molecular complexity index is 806. The lowest BCUT2D eigenvalue weighted by molar-refractivity contribution is 0.0943. The van der Waals surface area contributed by atoms with Gasteiger partial charge in [-0.25, -0.2) is 0 Å². The molecule has 1 saturated heterocycles. The highest BCUT2D eigenvalue weighted by molar-refractivity contribution is 7.10. The Labute approximate surface area is 195 Å². The average molecular weight is 471 g/mol. The van der Waals surface area contributed by atoms with E-state index < -0.39 is 0 Å². The molecule has 2 aliphatic rings. The second-order valence-corrected chi connectivity index (χ2v) is 8.91. The molecule has 2 aromatic heterocycles. The number of fused-ring (bicyclic) bond motifs is 1. The van der Waals surface area contributed by atoms with Crippen molar-refractivity contribution in [2.75, 3.05) is 26.2 Å². The van der Waals surface area contributed by atoms with Crippen molar-refractivity contribution in [2.45, 2.75) is 45.7 Å². The summed E-state index contributed by atoms with van der Waals surface area (Å²) >= 11 is 1.73. The molecule has 2 N–H and O–H groups in total. The molecule has 1 unspecified atom stereocenters. The number of aromatic nitrogens is 1. The lowest BCUT2D eigenvalue weighted by Gasteiger charge is -2.27. The molecule has 1 atom stereocenters. The standard InChI is InChI=1S/C22H30N4OS.2ClH/c1-2-16-5-6-18(24-11-16)13-26-9-7-19-20(15-28-21(19)14-26)22(27)25-12-17-4-3-8-23-10-17;;/h5-6,11,15,17,23H,2-4,7-10,12-14H2,1H3,(H,25,27);2*1H. The van der Waals surface area contributed by atoms with Gasteiger partial charge in [-0.1, -0.05) is 13.0 Å². The third-order valence-electron chi connectivity index (χ3n) is 5.90. The summed E-state index contributed by atoms with van der Waals surface area (Å²) in [6, 6.07) is 4.31. The monoisotopic (exact) mass is 470 g/mol. The third-order valence-corrected chi connectivity index (χ3v) is 6.91. The predicted octanol–water partition coefficient (Wildman–Crippen LogP) is 3.84. The summed E-state index contributed by atoms with van der Waals surface area (Å²) in [5.74, 6) is 0.669. The molecule has 2 aliphatic heterocycles. The first-order valence-corrected chi connectivity index (χ1v) is 11.3. The molecule has 2 aromatic rings. The second-order valence-electron chi connectivity index (χ2n) is 7.95. The summed E-state index contributed by atoms with van der Waals surface area (Å²) in [5.41, 5.74) is 4.56. The fourth-order valence-corrected chi connectivity index (χ4v) is 5.25. The molecule has 1 amide bonds. The molecule has 0 spiro atoms. The maximum atomic E-state index is 12.7. The summed E-state index contributed by atoms with van der Waals surface area (Å²) in [6.07, 6.45) is 6.37. The van der Waals surface area contributed by atoms with Crippen molar-refractivity contribution in [3.05, 3.63) is 51.0 Å². The van der Waals surface area contributed by atoms with E-state index in [9.17, 15) is 4.79 Å². The summed E-state index contributed by atoms with van der Waals surface area (Å²) < 4.78 is 0. The van der Waals surface area contributed by atoms with Crippen LogP contribution in [0.15, 0.2) is 23.7 Å². The molecule has 4 rings (SSSR count). The minimum atomic E-state index is 0. The van der Waals surface area contributed by atoms with Gasteiger partial charge in [0.05, 0.1) is 11.3 Å². The van der Waals surface area contributed by atoms with E-state index in [1.807, 2.05) is 6.20 Å². The first-order chi connectivity index (χ1) is 13.7. The zero-order chi connectivity index (χ0) is 19.3. The molecule has 0 radical (unpaired) electrons. The van der Waals surface area contributed by atoms with Crippen LogP contribution in [-0.2, 0) is 25.9 Å². The topological polar surface area (TPSA) is 57.3 Å². The lowest BCUT2D eigenvalue weighted by atomic mass is 9.99. The van der Waals surface area contributed by atoms with Gasteiger partial charge in [0.15, 0.2) is 0 Å². The number of piperidine rings is 1. The molecular weight excluding hydrogens is 439 g/mol. The zero-order valence-electron chi connectivity index (χ0n) is 17.5. The number of rotatable bonds is 6. The van der Waals surface area contributed by atoms with E-state index in [2.05, 4.69) is 45.0 Å². The maximum Gasteiger partial charge on any atom is 0.252 e. The van der Waals surface area contributed by atoms with Crippen LogP contribution in [0.25, 0.3) is 0 Å². The van der Waals surface area contributed by atoms with Crippen LogP contribution in [0.4, 0.5) is 0 Å². The predicted molar refractivity (Wildman–Crippen MR) is 128 cm³/mol. The van der Waals surface area contributed by atoms with Crippen LogP contribution in [0.3, 0.4) is 0 Å². The second kappa shape index (κ2) is 12.0. The number of amides is 1. The fraction of sp³-hybridized carbons (Fsp3) is 0.545. The maximum absolute atomic E-state index is 12.7. The molecule has 0 saturated carbocycles. The van der Waals surface area contributed by atoms with Crippen molar-refractivity contribution in [1.29, 1.82) is 0 Å². The van der Waals surface area contributed by atoms with Gasteiger partial charge in [0.1, 0.15) is 0 Å². The quantitative estimate of drug-likeness (QED) is 0.673. The van der Waals surface area contributed by atoms with Crippen LogP contribution in [0.5, 0.6) is 0 Å². The van der Waals surface area contributed by atoms with Gasteiger partial charge in [0, 0.05) is 42.6 Å². The van der Waals surface area contributed by atoms with E-state index in [-0.39, 0.29) is 30.7 Å². The molecule has 5 nitrogen and oxygen atoms in total. The average Bonchev–Trinajstić information content (AvgIpc) is 3.17. The summed E-state index contributed by atoms with van der Waals surface area (Å²) in [4.78, 5) is 21.1. The molecule has 0 aliphatic carbocycles. The molecule has 30 heavy (non-hydrogen) atoms. The smallest absolute Gasteiger partial charge is 0.252 e. The molecular formula is C22H32Cl2N4OS. The number of aryl methyl sites for hydroxylation is 1. The Kier molecular flexibility index (Phi) is 10.0. The van der Waals surface area contributed by atoms with Gasteiger partial charge in [0.2, 0.25) is 0 Å². The van der Waals surface area contributed by atoms with E-state index in [0.29, 0.717) is 5.92 Å². The highest BCUT2D eigenvalue weighted by Crippen LogP contribution is 2.29. The number of hydrogen-bond acceptors (Lipinski definition) is 5. The Balaban J connectivity index is 0.00000160. The Morgan fingerprint density at radius 2 is 2.23 bits per heavy atom. The first kappa shape index (κ1) is 25.1. The van der Waals surface area contributed by atoms with Crippen molar-refractivity contribution < 1.29 is 4.79 Å². The fourth-order valence-electron chi connectivity index (χ4n) is 4.12. The number of nitrogens with one attached hydrogen (secondary N) is 2. The van der Waals surface area contributed by atoms with Crippen LogP contribution < -0.4 is 10.6 Å². The van der Waals surface area contributed by atoms with Gasteiger partial charge in [0.25, 0.3) is 5.91 Å². The zero-order valence-corrected chi connectivity index (χ0v) is 19.9. The van der Waals surface area contributed by atoms with Gasteiger partial charge >= 0.3 is 0 Å². The Morgan fingerprint density at radius 1 is 1.37 bits per heavy atom. The van der Waals surface area contributed by atoms with E-state index in [1.54, 1.807) is 11.3 Å². The van der Waals surface area contributed by atoms with Gasteiger partial charge in [-0.05, 0) is 61.9 Å². The van der Waals surface area contributed by atoms with E-state index >= 15 is 0 Å². The van der Waals surface area contributed by atoms with E-state index in [0.717, 1.165) is 63.4 Å². The molecule has 8 heteroatoms. The van der Waals surface area contributed by atoms with E-state index in [1.165, 1.54) is 28.8 Å². The van der Waals surface area contributed by atoms with Crippen molar-refractivity contribution in [3.8, 4) is 0 Å².